The first-order valence-corrected chi connectivity index (χ1v) is 6.60. The number of nitrogens with one attached hydrogen (secondary N) is 1. The molecule has 1 unspecified atom stereocenters. The van der Waals surface area contributed by atoms with Crippen LogP contribution in [0.3, 0.4) is 0 Å². The van der Waals surface area contributed by atoms with Crippen molar-refractivity contribution in [1.29, 1.82) is 0 Å². The van der Waals surface area contributed by atoms with Crippen molar-refractivity contribution in [3.05, 3.63) is 29.8 Å². The molecule has 0 radical (unpaired) electrons. The molecule has 0 saturated heterocycles. The van der Waals surface area contributed by atoms with E-state index in [-0.39, 0.29) is 12.0 Å². The Morgan fingerprint density at radius 1 is 1.30 bits per heavy atom. The van der Waals surface area contributed by atoms with E-state index in [1.165, 1.54) is 0 Å². The summed E-state index contributed by atoms with van der Waals surface area (Å²) in [5, 5.41) is 0. The van der Waals surface area contributed by atoms with Crippen LogP contribution in [-0.4, -0.2) is 38.4 Å². The summed E-state index contributed by atoms with van der Waals surface area (Å²) in [5.74, 6) is 5.40. The fraction of sp³-hybridized carbons (Fsp3) is 0.500. The van der Waals surface area contributed by atoms with Crippen LogP contribution < -0.4 is 16.0 Å². The van der Waals surface area contributed by atoms with Crippen LogP contribution in [0.5, 0.6) is 5.75 Å². The highest BCUT2D eigenvalue weighted by molar-refractivity contribution is 5.93. The largest absolute Gasteiger partial charge is 0.491 e. The summed E-state index contributed by atoms with van der Waals surface area (Å²) in [7, 11) is 0. The summed E-state index contributed by atoms with van der Waals surface area (Å²) in [6.07, 6.45) is 0.0502. The molecule has 20 heavy (non-hydrogen) atoms. The van der Waals surface area contributed by atoms with Crippen molar-refractivity contribution in [1.82, 2.24) is 5.43 Å². The van der Waals surface area contributed by atoms with Gasteiger partial charge >= 0.3 is 0 Å². The molecule has 112 valence electrons. The summed E-state index contributed by atoms with van der Waals surface area (Å²) in [6, 6.07) is 6.73. The second kappa shape index (κ2) is 9.30. The zero-order chi connectivity index (χ0) is 14.8. The third-order valence-corrected chi connectivity index (χ3v) is 2.56. The zero-order valence-corrected chi connectivity index (χ0v) is 11.9. The van der Waals surface area contributed by atoms with Crippen LogP contribution in [0.2, 0.25) is 0 Å². The minimum absolute atomic E-state index is 0.0502. The minimum atomic E-state index is -0.329. The van der Waals surface area contributed by atoms with Gasteiger partial charge < -0.3 is 14.2 Å². The Labute approximate surface area is 119 Å². The van der Waals surface area contributed by atoms with E-state index in [4.69, 9.17) is 20.1 Å². The number of carbonyl (C=O) groups excluding carboxylic acids is 1. The Kier molecular flexibility index (Phi) is 7.64. The molecule has 0 aliphatic heterocycles. The van der Waals surface area contributed by atoms with Gasteiger partial charge in [-0.05, 0) is 38.1 Å². The first-order chi connectivity index (χ1) is 9.67. The number of nitrogens with two attached hydrogens (primary N) is 1. The van der Waals surface area contributed by atoms with E-state index in [9.17, 15) is 4.79 Å². The highest BCUT2D eigenvalue weighted by Crippen LogP contribution is 2.11. The molecule has 6 nitrogen and oxygen atoms in total. The standard InChI is InChI=1S/C14H22N2O4/c1-3-18-10-11(2)19-8-9-20-13-6-4-12(5-7-13)14(17)16-15/h4-7,11H,3,8-10,15H2,1-2H3,(H,16,17). The van der Waals surface area contributed by atoms with Crippen LogP contribution in [0, 0.1) is 0 Å². The molecular formula is C14H22N2O4. The van der Waals surface area contributed by atoms with Crippen LogP contribution in [0.25, 0.3) is 0 Å². The monoisotopic (exact) mass is 282 g/mol. The first-order valence-electron chi connectivity index (χ1n) is 6.60. The molecule has 1 aromatic carbocycles. The molecule has 0 heterocycles. The summed E-state index contributed by atoms with van der Waals surface area (Å²) >= 11 is 0. The molecule has 1 amide bonds. The molecule has 1 atom stereocenters. The van der Waals surface area contributed by atoms with Crippen molar-refractivity contribution >= 4 is 5.91 Å². The van der Waals surface area contributed by atoms with Crippen LogP contribution in [0.1, 0.15) is 24.2 Å². The molecular weight excluding hydrogens is 260 g/mol. The first kappa shape index (κ1) is 16.4. The van der Waals surface area contributed by atoms with Crippen molar-refractivity contribution < 1.29 is 19.0 Å². The molecule has 0 bridgehead atoms. The molecule has 0 aliphatic carbocycles. The molecule has 0 aromatic heterocycles. The maximum absolute atomic E-state index is 11.2. The number of benzene rings is 1. The van der Waals surface area contributed by atoms with Crippen LogP contribution in [0.4, 0.5) is 0 Å². The van der Waals surface area contributed by atoms with E-state index in [1.807, 2.05) is 13.8 Å². The predicted octanol–water partition coefficient (Wildman–Crippen LogP) is 1.11. The molecule has 0 fully saturated rings. The van der Waals surface area contributed by atoms with E-state index >= 15 is 0 Å². The van der Waals surface area contributed by atoms with Crippen molar-refractivity contribution in [2.24, 2.45) is 5.84 Å². The van der Waals surface area contributed by atoms with E-state index in [0.717, 1.165) is 0 Å². The molecule has 1 aromatic rings. The second-order valence-electron chi connectivity index (χ2n) is 4.19. The summed E-state index contributed by atoms with van der Waals surface area (Å²) in [6.45, 7) is 6.10. The Hall–Kier alpha value is -1.63. The third kappa shape index (κ3) is 6.01. The lowest BCUT2D eigenvalue weighted by Crippen LogP contribution is -2.29. The molecule has 1 rings (SSSR count). The lowest BCUT2D eigenvalue weighted by Gasteiger charge is -2.13. The highest BCUT2D eigenvalue weighted by atomic mass is 16.5. The van der Waals surface area contributed by atoms with E-state index < -0.39 is 0 Å². The zero-order valence-electron chi connectivity index (χ0n) is 11.9. The fourth-order valence-electron chi connectivity index (χ4n) is 1.53. The topological polar surface area (TPSA) is 82.8 Å². The van der Waals surface area contributed by atoms with E-state index in [0.29, 0.717) is 37.7 Å². The SMILES string of the molecule is CCOCC(C)OCCOc1ccc(C(=O)NN)cc1. The van der Waals surface area contributed by atoms with Crippen molar-refractivity contribution in [3.8, 4) is 5.75 Å². The van der Waals surface area contributed by atoms with Gasteiger partial charge in [0.15, 0.2) is 0 Å². The quantitative estimate of drug-likeness (QED) is 0.307. The van der Waals surface area contributed by atoms with Gasteiger partial charge in [-0.25, -0.2) is 5.84 Å². The number of amides is 1. The number of nitrogen functional groups attached to an aromatic ring is 1. The van der Waals surface area contributed by atoms with Gasteiger partial charge in [0.05, 0.1) is 19.3 Å². The molecule has 0 aliphatic rings. The molecule has 0 spiro atoms. The maximum atomic E-state index is 11.2. The van der Waals surface area contributed by atoms with E-state index in [2.05, 4.69) is 5.43 Å². The summed E-state index contributed by atoms with van der Waals surface area (Å²) in [4.78, 5) is 11.2. The summed E-state index contributed by atoms with van der Waals surface area (Å²) < 4.78 is 16.3. The van der Waals surface area contributed by atoms with Gasteiger partial charge in [0.1, 0.15) is 12.4 Å². The van der Waals surface area contributed by atoms with Gasteiger partial charge in [0, 0.05) is 12.2 Å². The Morgan fingerprint density at radius 2 is 2.00 bits per heavy atom. The van der Waals surface area contributed by atoms with Crippen molar-refractivity contribution in [2.75, 3.05) is 26.4 Å². The van der Waals surface area contributed by atoms with Gasteiger partial charge in [-0.1, -0.05) is 0 Å². The summed E-state index contributed by atoms with van der Waals surface area (Å²) in [5.41, 5.74) is 2.56. The smallest absolute Gasteiger partial charge is 0.265 e. The molecule has 3 N–H and O–H groups in total. The van der Waals surface area contributed by atoms with Gasteiger partial charge in [-0.2, -0.15) is 0 Å². The van der Waals surface area contributed by atoms with Gasteiger partial charge in [-0.3, -0.25) is 10.2 Å². The number of hydrazine groups is 1. The number of hydrogen-bond acceptors (Lipinski definition) is 5. The number of ether oxygens (including phenoxy) is 3. The van der Waals surface area contributed by atoms with Crippen LogP contribution in [0.15, 0.2) is 24.3 Å². The van der Waals surface area contributed by atoms with Crippen LogP contribution in [-0.2, 0) is 9.47 Å². The van der Waals surface area contributed by atoms with Gasteiger partial charge in [-0.15, -0.1) is 0 Å². The Morgan fingerprint density at radius 3 is 2.60 bits per heavy atom. The third-order valence-electron chi connectivity index (χ3n) is 2.56. The maximum Gasteiger partial charge on any atom is 0.265 e. The van der Waals surface area contributed by atoms with Crippen molar-refractivity contribution in [2.45, 2.75) is 20.0 Å². The molecule has 6 heteroatoms. The Balaban J connectivity index is 2.23. The average Bonchev–Trinajstić information content (AvgIpc) is 2.49. The minimum Gasteiger partial charge on any atom is -0.491 e. The normalized spacial score (nSPS) is 11.9. The molecule has 0 saturated carbocycles. The van der Waals surface area contributed by atoms with Crippen LogP contribution >= 0.6 is 0 Å². The highest BCUT2D eigenvalue weighted by Gasteiger charge is 2.04. The number of hydrogen-bond donors (Lipinski definition) is 2. The lowest BCUT2D eigenvalue weighted by atomic mass is 10.2. The second-order valence-corrected chi connectivity index (χ2v) is 4.19. The van der Waals surface area contributed by atoms with Crippen molar-refractivity contribution in [3.63, 3.8) is 0 Å². The average molecular weight is 282 g/mol. The van der Waals surface area contributed by atoms with Gasteiger partial charge in [0.25, 0.3) is 5.91 Å². The van der Waals surface area contributed by atoms with E-state index in [1.54, 1.807) is 24.3 Å². The fourth-order valence-corrected chi connectivity index (χ4v) is 1.53. The van der Waals surface area contributed by atoms with Gasteiger partial charge in [0.2, 0.25) is 0 Å². The predicted molar refractivity (Wildman–Crippen MR) is 75.5 cm³/mol. The number of carbonyl (C=O) groups is 1. The number of rotatable bonds is 9. The lowest BCUT2D eigenvalue weighted by molar-refractivity contribution is -0.0128. The Bertz CT molecular complexity index is 395.